The Morgan fingerprint density at radius 1 is 1.30 bits per heavy atom. The first-order valence-electron chi connectivity index (χ1n) is 7.67. The number of hydrogen-bond acceptors (Lipinski definition) is 3. The van der Waals surface area contributed by atoms with Crippen LogP contribution in [-0.2, 0) is 5.67 Å². The third kappa shape index (κ3) is 2.10. The van der Waals surface area contributed by atoms with Crippen LogP contribution in [0.4, 0.5) is 4.39 Å². The standard InChI is InChI=1S/C18H15FN4/c19-18(14-5-2-8-21-16(14)12-6-7-12)13(11-20)3-1-4-15(18)17-22-9-10-23-17/h1-5,8-10,12-13H,6-7H2,(H,22,23). The summed E-state index contributed by atoms with van der Waals surface area (Å²) in [6.07, 6.45) is 12.0. The van der Waals surface area contributed by atoms with Gasteiger partial charge in [-0.2, -0.15) is 5.26 Å². The van der Waals surface area contributed by atoms with Gasteiger partial charge < -0.3 is 4.98 Å². The summed E-state index contributed by atoms with van der Waals surface area (Å²) < 4.78 is 16.4. The first kappa shape index (κ1) is 13.9. The van der Waals surface area contributed by atoms with Crippen LogP contribution in [0.25, 0.3) is 5.57 Å². The number of aromatic amines is 1. The molecular formula is C18H15FN4. The molecule has 2 aliphatic rings. The predicted octanol–water partition coefficient (Wildman–Crippen LogP) is 3.64. The molecule has 2 heterocycles. The van der Waals surface area contributed by atoms with Gasteiger partial charge in [0.1, 0.15) is 11.7 Å². The third-order valence-corrected chi connectivity index (χ3v) is 4.47. The minimum Gasteiger partial charge on any atom is -0.345 e. The fourth-order valence-electron chi connectivity index (χ4n) is 3.20. The highest BCUT2D eigenvalue weighted by Crippen LogP contribution is 2.52. The lowest BCUT2D eigenvalue weighted by Gasteiger charge is -2.33. The second-order valence-electron chi connectivity index (χ2n) is 5.93. The summed E-state index contributed by atoms with van der Waals surface area (Å²) in [5.74, 6) is -0.168. The van der Waals surface area contributed by atoms with Gasteiger partial charge >= 0.3 is 0 Å². The molecule has 5 heteroatoms. The summed E-state index contributed by atoms with van der Waals surface area (Å²) in [4.78, 5) is 11.6. The molecule has 2 aromatic rings. The topological polar surface area (TPSA) is 65.4 Å². The molecule has 0 saturated heterocycles. The molecular weight excluding hydrogens is 291 g/mol. The number of H-pyrrole nitrogens is 1. The Labute approximate surface area is 133 Å². The minimum atomic E-state index is -1.95. The van der Waals surface area contributed by atoms with E-state index in [9.17, 15) is 5.26 Å². The zero-order chi connectivity index (χ0) is 15.9. The van der Waals surface area contributed by atoms with E-state index in [1.54, 1.807) is 49.0 Å². The van der Waals surface area contributed by atoms with Crippen LogP contribution in [0, 0.1) is 17.2 Å². The number of aromatic nitrogens is 3. The lowest BCUT2D eigenvalue weighted by Crippen LogP contribution is -2.33. The van der Waals surface area contributed by atoms with Crippen LogP contribution in [0.1, 0.15) is 35.8 Å². The molecule has 0 amide bonds. The number of allylic oxidation sites excluding steroid dienone is 4. The zero-order valence-corrected chi connectivity index (χ0v) is 12.4. The molecule has 1 saturated carbocycles. The Bertz CT molecular complexity index is 827. The summed E-state index contributed by atoms with van der Waals surface area (Å²) in [7, 11) is 0. The number of alkyl halides is 1. The van der Waals surface area contributed by atoms with Crippen LogP contribution < -0.4 is 0 Å². The molecule has 4 nitrogen and oxygen atoms in total. The molecule has 2 unspecified atom stereocenters. The molecule has 0 radical (unpaired) electrons. The van der Waals surface area contributed by atoms with Crippen molar-refractivity contribution in [1.29, 1.82) is 5.26 Å². The Kier molecular flexibility index (Phi) is 3.12. The highest BCUT2D eigenvalue weighted by molar-refractivity contribution is 5.74. The maximum Gasteiger partial charge on any atom is 0.185 e. The molecule has 23 heavy (non-hydrogen) atoms. The average Bonchev–Trinajstić information content (AvgIpc) is 3.30. The predicted molar refractivity (Wildman–Crippen MR) is 83.8 cm³/mol. The SMILES string of the molecule is N#CC1C=CC=C(c2ncc[nH]2)C1(F)c1cccnc1C1CC1. The molecule has 2 atom stereocenters. The lowest BCUT2D eigenvalue weighted by atomic mass is 9.74. The Balaban J connectivity index is 1.93. The van der Waals surface area contributed by atoms with E-state index >= 15 is 4.39 Å². The largest absolute Gasteiger partial charge is 0.345 e. The molecule has 0 bridgehead atoms. The number of pyridine rings is 1. The van der Waals surface area contributed by atoms with E-state index in [-0.39, 0.29) is 0 Å². The lowest BCUT2D eigenvalue weighted by molar-refractivity contribution is 0.206. The van der Waals surface area contributed by atoms with Crippen molar-refractivity contribution >= 4 is 5.57 Å². The first-order chi connectivity index (χ1) is 11.2. The van der Waals surface area contributed by atoms with Crippen molar-refractivity contribution in [2.45, 2.75) is 24.4 Å². The molecule has 2 aromatic heterocycles. The monoisotopic (exact) mass is 306 g/mol. The van der Waals surface area contributed by atoms with Crippen LogP contribution >= 0.6 is 0 Å². The Morgan fingerprint density at radius 2 is 2.17 bits per heavy atom. The maximum atomic E-state index is 16.4. The van der Waals surface area contributed by atoms with E-state index in [1.807, 2.05) is 0 Å². The van der Waals surface area contributed by atoms with Crippen molar-refractivity contribution in [3.63, 3.8) is 0 Å². The number of nitrogens with zero attached hydrogens (tertiary/aromatic N) is 3. The van der Waals surface area contributed by atoms with Gasteiger partial charge in [-0.3, -0.25) is 4.98 Å². The number of halogens is 1. The van der Waals surface area contributed by atoms with E-state index in [2.05, 4.69) is 21.0 Å². The first-order valence-corrected chi connectivity index (χ1v) is 7.67. The quantitative estimate of drug-likeness (QED) is 0.941. The van der Waals surface area contributed by atoms with E-state index in [4.69, 9.17) is 0 Å². The van der Waals surface area contributed by atoms with Gasteiger partial charge in [0.2, 0.25) is 0 Å². The van der Waals surface area contributed by atoms with E-state index in [0.29, 0.717) is 22.9 Å². The second kappa shape index (κ2) is 5.17. The molecule has 2 aliphatic carbocycles. The highest BCUT2D eigenvalue weighted by atomic mass is 19.1. The fraction of sp³-hybridized carbons (Fsp3) is 0.278. The molecule has 1 fully saturated rings. The van der Waals surface area contributed by atoms with Crippen molar-refractivity contribution in [2.24, 2.45) is 5.92 Å². The Hall–Kier alpha value is -2.74. The smallest absolute Gasteiger partial charge is 0.185 e. The second-order valence-corrected chi connectivity index (χ2v) is 5.93. The summed E-state index contributed by atoms with van der Waals surface area (Å²) in [5, 5.41) is 9.53. The fourth-order valence-corrected chi connectivity index (χ4v) is 3.20. The molecule has 0 aromatic carbocycles. The summed E-state index contributed by atoms with van der Waals surface area (Å²) in [6, 6.07) is 5.58. The van der Waals surface area contributed by atoms with E-state index in [1.165, 1.54) is 0 Å². The number of hydrogen-bond donors (Lipinski definition) is 1. The van der Waals surface area contributed by atoms with Crippen molar-refractivity contribution in [2.75, 3.05) is 0 Å². The van der Waals surface area contributed by atoms with Gasteiger partial charge in [0.15, 0.2) is 5.67 Å². The van der Waals surface area contributed by atoms with Gasteiger partial charge in [0, 0.05) is 35.6 Å². The zero-order valence-electron chi connectivity index (χ0n) is 12.4. The minimum absolute atomic E-state index is 0.293. The summed E-state index contributed by atoms with van der Waals surface area (Å²) in [6.45, 7) is 0. The van der Waals surface area contributed by atoms with Gasteiger partial charge in [0.25, 0.3) is 0 Å². The highest BCUT2D eigenvalue weighted by Gasteiger charge is 2.49. The normalized spacial score (nSPS) is 26.6. The molecule has 4 rings (SSSR count). The molecule has 0 aliphatic heterocycles. The van der Waals surface area contributed by atoms with E-state index in [0.717, 1.165) is 18.5 Å². The summed E-state index contributed by atoms with van der Waals surface area (Å²) >= 11 is 0. The van der Waals surface area contributed by atoms with Crippen LogP contribution in [-0.4, -0.2) is 15.0 Å². The number of nitriles is 1. The molecule has 114 valence electrons. The van der Waals surface area contributed by atoms with Crippen LogP contribution in [0.2, 0.25) is 0 Å². The average molecular weight is 306 g/mol. The summed E-state index contributed by atoms with van der Waals surface area (Å²) in [5.41, 5.74) is -0.316. The molecule has 0 spiro atoms. The molecule has 1 N–H and O–H groups in total. The Morgan fingerprint density at radius 3 is 2.87 bits per heavy atom. The van der Waals surface area contributed by atoms with Crippen molar-refractivity contribution in [1.82, 2.24) is 15.0 Å². The third-order valence-electron chi connectivity index (χ3n) is 4.47. The van der Waals surface area contributed by atoms with Gasteiger partial charge in [0.05, 0.1) is 11.8 Å². The van der Waals surface area contributed by atoms with Gasteiger partial charge in [-0.05, 0) is 18.9 Å². The van der Waals surface area contributed by atoms with Crippen LogP contribution in [0.15, 0.2) is 49.0 Å². The van der Waals surface area contributed by atoms with Gasteiger partial charge in [-0.1, -0.05) is 24.3 Å². The van der Waals surface area contributed by atoms with E-state index < -0.39 is 11.6 Å². The van der Waals surface area contributed by atoms with Crippen molar-refractivity contribution in [3.8, 4) is 6.07 Å². The van der Waals surface area contributed by atoms with Crippen molar-refractivity contribution in [3.05, 3.63) is 66.0 Å². The van der Waals surface area contributed by atoms with Crippen molar-refractivity contribution < 1.29 is 4.39 Å². The number of rotatable bonds is 3. The van der Waals surface area contributed by atoms with Gasteiger partial charge in [-0.25, -0.2) is 9.37 Å². The number of imidazole rings is 1. The van der Waals surface area contributed by atoms with Crippen LogP contribution in [0.5, 0.6) is 0 Å². The van der Waals surface area contributed by atoms with Gasteiger partial charge in [-0.15, -0.1) is 0 Å². The van der Waals surface area contributed by atoms with Crippen LogP contribution in [0.3, 0.4) is 0 Å². The number of nitrogens with one attached hydrogen (secondary N) is 1. The maximum absolute atomic E-state index is 16.4.